The predicted molar refractivity (Wildman–Crippen MR) is 71.2 cm³/mol. The zero-order valence-corrected chi connectivity index (χ0v) is 12.3. The summed E-state index contributed by atoms with van der Waals surface area (Å²) in [6.07, 6.45) is 3.43. The molecule has 0 aliphatic heterocycles. The van der Waals surface area contributed by atoms with Crippen LogP contribution in [0.2, 0.25) is 4.34 Å². The minimum absolute atomic E-state index is 0.249. The van der Waals surface area contributed by atoms with Gasteiger partial charge < -0.3 is 0 Å². The van der Waals surface area contributed by atoms with E-state index < -0.39 is 10.0 Å². The molecule has 8 heteroatoms. The lowest BCUT2D eigenvalue weighted by molar-refractivity contribution is 0.468. The highest BCUT2D eigenvalue weighted by Crippen LogP contribution is 2.28. The second-order valence-electron chi connectivity index (χ2n) is 3.84. The molecule has 2 aromatic rings. The van der Waals surface area contributed by atoms with E-state index in [0.717, 1.165) is 16.9 Å². The highest BCUT2D eigenvalue weighted by atomic mass is 35.5. The first-order chi connectivity index (χ1) is 8.39. The van der Waals surface area contributed by atoms with Crippen LogP contribution in [-0.4, -0.2) is 29.6 Å². The Morgan fingerprint density at radius 3 is 2.72 bits per heavy atom. The molecule has 0 N–H and O–H groups in total. The van der Waals surface area contributed by atoms with Gasteiger partial charge in [-0.25, -0.2) is 8.42 Å². The fraction of sp³-hybridized carbons (Fsp3) is 0.300. The average molecular weight is 306 g/mol. The Kier molecular flexibility index (Phi) is 3.76. The maximum atomic E-state index is 12.2. The Balaban J connectivity index is 2.20. The third-order valence-electron chi connectivity index (χ3n) is 2.38. The molecule has 2 rings (SSSR count). The first-order valence-electron chi connectivity index (χ1n) is 5.09. The molecule has 0 saturated heterocycles. The number of halogens is 1. The van der Waals surface area contributed by atoms with Gasteiger partial charge in [-0.15, -0.1) is 11.3 Å². The van der Waals surface area contributed by atoms with Gasteiger partial charge in [-0.3, -0.25) is 4.68 Å². The summed E-state index contributed by atoms with van der Waals surface area (Å²) in [5.74, 6) is 0. The molecule has 0 amide bonds. The molecule has 5 nitrogen and oxygen atoms in total. The minimum atomic E-state index is -3.48. The molecule has 0 atom stereocenters. The molecule has 0 saturated carbocycles. The number of aromatic nitrogens is 2. The van der Waals surface area contributed by atoms with Gasteiger partial charge >= 0.3 is 0 Å². The summed E-state index contributed by atoms with van der Waals surface area (Å²) < 4.78 is 28.0. The molecule has 0 unspecified atom stereocenters. The van der Waals surface area contributed by atoms with E-state index in [-0.39, 0.29) is 10.8 Å². The summed E-state index contributed by atoms with van der Waals surface area (Å²) in [5.41, 5.74) is 0.839. The predicted octanol–water partition coefficient (Wildman–Crippen LogP) is 1.96. The molecule has 0 radical (unpaired) electrons. The molecular formula is C10H12ClN3O2S2. The second kappa shape index (κ2) is 5.00. The van der Waals surface area contributed by atoms with Gasteiger partial charge in [0, 0.05) is 32.4 Å². The summed E-state index contributed by atoms with van der Waals surface area (Å²) in [4.78, 5) is 0. The van der Waals surface area contributed by atoms with E-state index in [1.165, 1.54) is 17.4 Å². The lowest BCUT2D eigenvalue weighted by Crippen LogP contribution is -2.25. The highest BCUT2D eigenvalue weighted by molar-refractivity contribution is 7.91. The van der Waals surface area contributed by atoms with Crippen LogP contribution in [0, 0.1) is 0 Å². The Bertz CT molecular complexity index is 648. The summed E-state index contributed by atoms with van der Waals surface area (Å²) in [5, 5.41) is 4.01. The molecule has 0 spiro atoms. The molecular weight excluding hydrogens is 294 g/mol. The first kappa shape index (κ1) is 13.5. The number of sulfonamides is 1. The smallest absolute Gasteiger partial charge is 0.252 e. The van der Waals surface area contributed by atoms with Crippen LogP contribution >= 0.6 is 22.9 Å². The van der Waals surface area contributed by atoms with Gasteiger partial charge in [0.15, 0.2) is 0 Å². The molecule has 0 bridgehead atoms. The van der Waals surface area contributed by atoms with Crippen molar-refractivity contribution in [1.29, 1.82) is 0 Å². The van der Waals surface area contributed by atoms with Gasteiger partial charge in [0.05, 0.1) is 10.5 Å². The van der Waals surface area contributed by atoms with Gasteiger partial charge in [0.25, 0.3) is 10.0 Å². The third kappa shape index (κ3) is 2.74. The van der Waals surface area contributed by atoms with Crippen molar-refractivity contribution >= 4 is 33.0 Å². The van der Waals surface area contributed by atoms with Gasteiger partial charge in [-0.05, 0) is 12.1 Å². The van der Waals surface area contributed by atoms with Gasteiger partial charge in [0.2, 0.25) is 0 Å². The fourth-order valence-electron chi connectivity index (χ4n) is 1.49. The molecule has 0 fully saturated rings. The maximum absolute atomic E-state index is 12.2. The van der Waals surface area contributed by atoms with E-state index in [1.54, 1.807) is 30.2 Å². The van der Waals surface area contributed by atoms with Crippen molar-refractivity contribution in [3.8, 4) is 0 Å². The van der Waals surface area contributed by atoms with Gasteiger partial charge in [-0.1, -0.05) is 11.6 Å². The molecule has 98 valence electrons. The lowest BCUT2D eigenvalue weighted by Gasteiger charge is -2.14. The molecule has 0 aliphatic rings. The van der Waals surface area contributed by atoms with Crippen molar-refractivity contribution in [2.75, 3.05) is 7.05 Å². The summed E-state index contributed by atoms with van der Waals surface area (Å²) >= 11 is 6.81. The number of hydrogen-bond acceptors (Lipinski definition) is 4. The van der Waals surface area contributed by atoms with Crippen LogP contribution in [0.3, 0.4) is 0 Å². The molecule has 0 aromatic carbocycles. The average Bonchev–Trinajstić information content (AvgIpc) is 2.88. The number of hydrogen-bond donors (Lipinski definition) is 0. The maximum Gasteiger partial charge on any atom is 0.252 e. The quantitative estimate of drug-likeness (QED) is 0.867. The Labute approximate surface area is 115 Å². The largest absolute Gasteiger partial charge is 0.275 e. The van der Waals surface area contributed by atoms with Crippen LogP contribution in [-0.2, 0) is 23.6 Å². The number of rotatable bonds is 4. The van der Waals surface area contributed by atoms with E-state index in [9.17, 15) is 8.42 Å². The van der Waals surface area contributed by atoms with Crippen LogP contribution in [0.25, 0.3) is 0 Å². The Morgan fingerprint density at radius 2 is 2.22 bits per heavy atom. The lowest BCUT2D eigenvalue weighted by atomic mass is 10.4. The Morgan fingerprint density at radius 1 is 1.50 bits per heavy atom. The standard InChI is InChI=1S/C10H12ClN3O2S2/c1-13-6-8(5-12-13)7-14(2)18(15,16)10-4-3-9(11)17-10/h3-6H,7H2,1-2H3. The van der Waals surface area contributed by atoms with Crippen molar-refractivity contribution in [3.05, 3.63) is 34.4 Å². The second-order valence-corrected chi connectivity index (χ2v) is 7.83. The topological polar surface area (TPSA) is 55.2 Å². The van der Waals surface area contributed by atoms with E-state index >= 15 is 0 Å². The van der Waals surface area contributed by atoms with Crippen molar-refractivity contribution < 1.29 is 8.42 Å². The highest BCUT2D eigenvalue weighted by Gasteiger charge is 2.23. The molecule has 0 aliphatic carbocycles. The van der Waals surface area contributed by atoms with Crippen LogP contribution in [0.15, 0.2) is 28.7 Å². The number of thiophene rings is 1. The SMILES string of the molecule is CN(Cc1cnn(C)c1)S(=O)(=O)c1ccc(Cl)s1. The number of nitrogens with zero attached hydrogens (tertiary/aromatic N) is 3. The van der Waals surface area contributed by atoms with Crippen LogP contribution < -0.4 is 0 Å². The van der Waals surface area contributed by atoms with Crippen molar-refractivity contribution in [3.63, 3.8) is 0 Å². The molecule has 2 heterocycles. The summed E-state index contributed by atoms with van der Waals surface area (Å²) in [7, 11) is -0.150. The fourth-order valence-corrected chi connectivity index (χ4v) is 4.34. The van der Waals surface area contributed by atoms with Crippen LogP contribution in [0.4, 0.5) is 0 Å². The number of aryl methyl sites for hydroxylation is 1. The molecule has 18 heavy (non-hydrogen) atoms. The van der Waals surface area contributed by atoms with Gasteiger partial charge in [-0.2, -0.15) is 9.40 Å². The normalized spacial score (nSPS) is 12.2. The minimum Gasteiger partial charge on any atom is -0.275 e. The van der Waals surface area contributed by atoms with E-state index in [2.05, 4.69) is 5.10 Å². The van der Waals surface area contributed by atoms with Crippen molar-refractivity contribution in [2.45, 2.75) is 10.8 Å². The Hall–Kier alpha value is -0.890. The third-order valence-corrected chi connectivity index (χ3v) is 5.88. The van der Waals surface area contributed by atoms with E-state index in [4.69, 9.17) is 11.6 Å². The zero-order valence-electron chi connectivity index (χ0n) is 9.87. The van der Waals surface area contributed by atoms with Crippen LogP contribution in [0.1, 0.15) is 5.56 Å². The van der Waals surface area contributed by atoms with Crippen molar-refractivity contribution in [2.24, 2.45) is 7.05 Å². The van der Waals surface area contributed by atoms with Gasteiger partial charge in [0.1, 0.15) is 4.21 Å². The molecule has 2 aromatic heterocycles. The monoisotopic (exact) mass is 305 g/mol. The van der Waals surface area contributed by atoms with Crippen LogP contribution in [0.5, 0.6) is 0 Å². The first-order valence-corrected chi connectivity index (χ1v) is 7.72. The van der Waals surface area contributed by atoms with E-state index in [1.807, 2.05) is 0 Å². The summed E-state index contributed by atoms with van der Waals surface area (Å²) in [6.45, 7) is 0.283. The zero-order chi connectivity index (χ0) is 13.3. The summed E-state index contributed by atoms with van der Waals surface area (Å²) in [6, 6.07) is 3.10. The van der Waals surface area contributed by atoms with Crippen molar-refractivity contribution in [1.82, 2.24) is 14.1 Å². The van der Waals surface area contributed by atoms with E-state index in [0.29, 0.717) is 4.34 Å².